The molecular weight excluding hydrogens is 370 g/mol. The van der Waals surface area contributed by atoms with Gasteiger partial charge in [-0.05, 0) is 18.9 Å². The van der Waals surface area contributed by atoms with Crippen LogP contribution in [0.25, 0.3) is 10.8 Å². The molecule has 2 heterocycles. The Kier molecular flexibility index (Phi) is 5.17. The average molecular weight is 395 g/mol. The second kappa shape index (κ2) is 7.77. The van der Waals surface area contributed by atoms with Gasteiger partial charge in [0.25, 0.3) is 5.56 Å². The van der Waals surface area contributed by atoms with Gasteiger partial charge in [0.05, 0.1) is 17.5 Å². The molecule has 0 spiro atoms. The SMILES string of the molecule is Cc1nc(C2(NC(=O)Cc3nn(C)c(=O)c4ccccc34)CCCCCC2)no1. The first-order valence-electron chi connectivity index (χ1n) is 10.1. The zero-order chi connectivity index (χ0) is 20.4. The summed E-state index contributed by atoms with van der Waals surface area (Å²) in [5.41, 5.74) is -0.220. The van der Waals surface area contributed by atoms with Gasteiger partial charge in [0.15, 0.2) is 5.82 Å². The molecule has 152 valence electrons. The first kappa shape index (κ1) is 19.3. The molecule has 1 fully saturated rings. The van der Waals surface area contributed by atoms with Crippen LogP contribution in [-0.4, -0.2) is 25.8 Å². The lowest BCUT2D eigenvalue weighted by Gasteiger charge is -2.30. The van der Waals surface area contributed by atoms with Gasteiger partial charge in [-0.25, -0.2) is 4.68 Å². The Hall–Kier alpha value is -3.03. The number of benzene rings is 1. The van der Waals surface area contributed by atoms with Gasteiger partial charge >= 0.3 is 0 Å². The summed E-state index contributed by atoms with van der Waals surface area (Å²) in [5.74, 6) is 0.873. The number of hydrogen-bond donors (Lipinski definition) is 1. The zero-order valence-corrected chi connectivity index (χ0v) is 16.8. The molecule has 29 heavy (non-hydrogen) atoms. The zero-order valence-electron chi connectivity index (χ0n) is 16.8. The molecule has 1 aliphatic rings. The molecule has 0 atom stereocenters. The van der Waals surface area contributed by atoms with Gasteiger partial charge in [-0.3, -0.25) is 9.59 Å². The van der Waals surface area contributed by atoms with Crippen molar-refractivity contribution >= 4 is 16.7 Å². The molecular formula is C21H25N5O3. The molecule has 0 bridgehead atoms. The number of nitrogens with one attached hydrogen (secondary N) is 1. The van der Waals surface area contributed by atoms with Crippen molar-refractivity contribution in [1.82, 2.24) is 25.2 Å². The van der Waals surface area contributed by atoms with Crippen LogP contribution < -0.4 is 10.9 Å². The van der Waals surface area contributed by atoms with Gasteiger partial charge in [0.2, 0.25) is 11.8 Å². The minimum atomic E-state index is -0.623. The smallest absolute Gasteiger partial charge is 0.274 e. The third-order valence-corrected chi connectivity index (χ3v) is 5.65. The Morgan fingerprint density at radius 2 is 1.86 bits per heavy atom. The fraction of sp³-hybridized carbons (Fsp3) is 0.476. The summed E-state index contributed by atoms with van der Waals surface area (Å²) in [7, 11) is 1.60. The van der Waals surface area contributed by atoms with Crippen LogP contribution in [0.2, 0.25) is 0 Å². The van der Waals surface area contributed by atoms with Crippen LogP contribution in [0, 0.1) is 6.92 Å². The lowest BCUT2D eigenvalue weighted by molar-refractivity contribution is -0.122. The maximum Gasteiger partial charge on any atom is 0.274 e. The van der Waals surface area contributed by atoms with Crippen molar-refractivity contribution in [3.63, 3.8) is 0 Å². The first-order chi connectivity index (χ1) is 14.0. The Labute approximate surface area is 168 Å². The third kappa shape index (κ3) is 3.79. The average Bonchev–Trinajstić information content (AvgIpc) is 3.01. The van der Waals surface area contributed by atoms with Crippen molar-refractivity contribution in [3.8, 4) is 0 Å². The number of carbonyl (C=O) groups excluding carboxylic acids is 1. The minimum Gasteiger partial charge on any atom is -0.343 e. The van der Waals surface area contributed by atoms with Crippen LogP contribution >= 0.6 is 0 Å². The number of rotatable bonds is 4. The van der Waals surface area contributed by atoms with E-state index in [-0.39, 0.29) is 17.9 Å². The molecule has 1 aliphatic carbocycles. The predicted molar refractivity (Wildman–Crippen MR) is 107 cm³/mol. The van der Waals surface area contributed by atoms with Crippen LogP contribution in [0.5, 0.6) is 0 Å². The second-order valence-electron chi connectivity index (χ2n) is 7.78. The van der Waals surface area contributed by atoms with E-state index in [2.05, 4.69) is 20.6 Å². The molecule has 3 aromatic rings. The van der Waals surface area contributed by atoms with E-state index in [0.29, 0.717) is 28.2 Å². The van der Waals surface area contributed by atoms with E-state index < -0.39 is 5.54 Å². The monoisotopic (exact) mass is 395 g/mol. The van der Waals surface area contributed by atoms with Gasteiger partial charge in [0.1, 0.15) is 5.54 Å². The summed E-state index contributed by atoms with van der Waals surface area (Å²) >= 11 is 0. The molecule has 1 N–H and O–H groups in total. The van der Waals surface area contributed by atoms with E-state index in [1.165, 1.54) is 4.68 Å². The first-order valence-corrected chi connectivity index (χ1v) is 10.1. The van der Waals surface area contributed by atoms with Gasteiger partial charge in [0, 0.05) is 19.4 Å². The maximum atomic E-state index is 13.1. The summed E-state index contributed by atoms with van der Waals surface area (Å²) in [4.78, 5) is 29.9. The molecule has 0 unspecified atom stereocenters. The van der Waals surface area contributed by atoms with E-state index in [1.54, 1.807) is 20.0 Å². The Balaban J connectivity index is 1.65. The maximum absolute atomic E-state index is 13.1. The number of aryl methyl sites for hydroxylation is 2. The lowest BCUT2D eigenvalue weighted by atomic mass is 9.89. The van der Waals surface area contributed by atoms with Crippen molar-refractivity contribution in [2.24, 2.45) is 7.05 Å². The molecule has 8 heteroatoms. The standard InChI is InChI=1S/C21H25N5O3/c1-14-22-20(25-29-14)21(11-7-3-4-8-12-21)23-18(27)13-17-15-9-5-6-10-16(15)19(28)26(2)24-17/h5-6,9-10H,3-4,7-8,11-13H2,1-2H3,(H,23,27). The highest BCUT2D eigenvalue weighted by atomic mass is 16.5. The van der Waals surface area contributed by atoms with Gasteiger partial charge in [-0.1, -0.05) is 49.0 Å². The number of hydrogen-bond acceptors (Lipinski definition) is 6. The highest BCUT2D eigenvalue weighted by Crippen LogP contribution is 2.34. The van der Waals surface area contributed by atoms with Crippen molar-refractivity contribution in [3.05, 3.63) is 52.0 Å². The minimum absolute atomic E-state index is 0.0766. The molecule has 8 nitrogen and oxygen atoms in total. The van der Waals surface area contributed by atoms with Gasteiger partial charge < -0.3 is 9.84 Å². The van der Waals surface area contributed by atoms with Crippen LogP contribution in [0.4, 0.5) is 0 Å². The molecule has 0 aliphatic heterocycles. The van der Waals surface area contributed by atoms with E-state index in [9.17, 15) is 9.59 Å². The summed E-state index contributed by atoms with van der Waals surface area (Å²) in [5, 5.41) is 12.9. The summed E-state index contributed by atoms with van der Waals surface area (Å²) in [6, 6.07) is 7.25. The highest BCUT2D eigenvalue weighted by Gasteiger charge is 2.38. The molecule has 1 saturated carbocycles. The summed E-state index contributed by atoms with van der Waals surface area (Å²) in [6.45, 7) is 1.75. The normalized spacial score (nSPS) is 16.5. The largest absolute Gasteiger partial charge is 0.343 e. The molecule has 1 amide bonds. The molecule has 2 aromatic heterocycles. The van der Waals surface area contributed by atoms with Crippen LogP contribution in [0.1, 0.15) is 55.9 Å². The van der Waals surface area contributed by atoms with Crippen molar-refractivity contribution in [2.75, 3.05) is 0 Å². The van der Waals surface area contributed by atoms with Crippen LogP contribution in [0.15, 0.2) is 33.6 Å². The molecule has 0 saturated heterocycles. The predicted octanol–water partition coefficient (Wildman–Crippen LogP) is 2.53. The lowest BCUT2D eigenvalue weighted by Crippen LogP contribution is -2.47. The fourth-order valence-corrected chi connectivity index (χ4v) is 4.20. The fourth-order valence-electron chi connectivity index (χ4n) is 4.20. The van der Waals surface area contributed by atoms with E-state index in [4.69, 9.17) is 4.52 Å². The van der Waals surface area contributed by atoms with Crippen LogP contribution in [0.3, 0.4) is 0 Å². The van der Waals surface area contributed by atoms with Crippen molar-refractivity contribution in [1.29, 1.82) is 0 Å². The number of carbonyl (C=O) groups is 1. The van der Waals surface area contributed by atoms with E-state index in [1.807, 2.05) is 18.2 Å². The Morgan fingerprint density at radius 1 is 1.17 bits per heavy atom. The Bertz CT molecular complexity index is 1090. The third-order valence-electron chi connectivity index (χ3n) is 5.65. The highest BCUT2D eigenvalue weighted by molar-refractivity contribution is 5.88. The number of fused-ring (bicyclic) bond motifs is 1. The van der Waals surface area contributed by atoms with Gasteiger partial charge in [-0.15, -0.1) is 0 Å². The number of amides is 1. The van der Waals surface area contributed by atoms with Crippen molar-refractivity contribution in [2.45, 2.75) is 57.4 Å². The Morgan fingerprint density at radius 3 is 2.52 bits per heavy atom. The molecule has 4 rings (SSSR count). The molecule has 1 aromatic carbocycles. The summed E-state index contributed by atoms with van der Waals surface area (Å²) < 4.78 is 6.49. The second-order valence-corrected chi connectivity index (χ2v) is 7.78. The summed E-state index contributed by atoms with van der Waals surface area (Å²) in [6.07, 6.45) is 5.87. The van der Waals surface area contributed by atoms with Crippen LogP contribution in [-0.2, 0) is 23.8 Å². The van der Waals surface area contributed by atoms with E-state index in [0.717, 1.165) is 38.5 Å². The van der Waals surface area contributed by atoms with Crippen molar-refractivity contribution < 1.29 is 9.32 Å². The van der Waals surface area contributed by atoms with E-state index >= 15 is 0 Å². The number of aromatic nitrogens is 4. The topological polar surface area (TPSA) is 103 Å². The number of nitrogens with zero attached hydrogens (tertiary/aromatic N) is 4. The van der Waals surface area contributed by atoms with Gasteiger partial charge in [-0.2, -0.15) is 10.1 Å². The quantitative estimate of drug-likeness (QED) is 0.681. The molecule has 0 radical (unpaired) electrons.